The molecule has 1 aliphatic carbocycles. The molecule has 2 aromatic carbocycles. The molecule has 3 aromatic heterocycles. The number of pyridine rings is 1. The molecule has 9 heteroatoms. The van der Waals surface area contributed by atoms with Crippen molar-refractivity contribution in [3.63, 3.8) is 0 Å². The molecule has 0 bridgehead atoms. The van der Waals surface area contributed by atoms with Gasteiger partial charge in [0.15, 0.2) is 11.5 Å². The lowest BCUT2D eigenvalue weighted by atomic mass is 9.95. The highest BCUT2D eigenvalue weighted by atomic mass is 15.6. The third kappa shape index (κ3) is 3.26. The molecule has 0 spiro atoms. The number of para-hydroxylation sites is 2. The van der Waals surface area contributed by atoms with Crippen molar-refractivity contribution < 1.29 is 0 Å². The van der Waals surface area contributed by atoms with Crippen molar-refractivity contribution >= 4 is 22.2 Å². The smallest absolute Gasteiger partial charge is 0.185 e. The zero-order chi connectivity index (χ0) is 21.3. The van der Waals surface area contributed by atoms with E-state index in [0.717, 1.165) is 40.8 Å². The summed E-state index contributed by atoms with van der Waals surface area (Å²) in [5, 5.41) is 30.3. The Morgan fingerprint density at radius 3 is 2.50 bits per heavy atom. The minimum absolute atomic E-state index is 0.307. The van der Waals surface area contributed by atoms with Crippen LogP contribution in [0.1, 0.15) is 55.6 Å². The fraction of sp³-hybridized carbons (Fsp3) is 0.304. The zero-order valence-corrected chi connectivity index (χ0v) is 17.5. The number of nitrogens with zero attached hydrogens (tertiary/aromatic N) is 8. The summed E-state index contributed by atoms with van der Waals surface area (Å²) in [6.07, 6.45) is 5.87. The Balaban J connectivity index is 1.54. The fourth-order valence-electron chi connectivity index (χ4n) is 4.74. The Bertz CT molecular complexity index is 1350. The molecule has 1 atom stereocenters. The van der Waals surface area contributed by atoms with E-state index < -0.39 is 0 Å². The maximum absolute atomic E-state index is 4.50. The first-order valence-electron chi connectivity index (χ1n) is 11.1. The summed E-state index contributed by atoms with van der Waals surface area (Å²) in [5.74, 6) is 0.779. The van der Waals surface area contributed by atoms with Gasteiger partial charge in [0.25, 0.3) is 0 Å². The number of hydrogen-bond acceptors (Lipinski definition) is 7. The van der Waals surface area contributed by atoms with Gasteiger partial charge >= 0.3 is 0 Å². The maximum atomic E-state index is 4.50. The first-order valence-corrected chi connectivity index (χ1v) is 11.1. The highest BCUT2D eigenvalue weighted by Gasteiger charge is 2.29. The minimum Gasteiger partial charge on any atom is -0.371 e. The van der Waals surface area contributed by atoms with E-state index >= 15 is 0 Å². The first kappa shape index (κ1) is 18.9. The molecule has 6 rings (SSSR count). The Kier molecular flexibility index (Phi) is 4.71. The van der Waals surface area contributed by atoms with Crippen LogP contribution in [0.3, 0.4) is 0 Å². The van der Waals surface area contributed by atoms with E-state index in [0.29, 0.717) is 11.7 Å². The number of benzene rings is 2. The fourth-order valence-corrected chi connectivity index (χ4v) is 4.74. The summed E-state index contributed by atoms with van der Waals surface area (Å²) in [6, 6.07) is 20.4. The largest absolute Gasteiger partial charge is 0.371 e. The van der Waals surface area contributed by atoms with Gasteiger partial charge in [-0.15, -0.1) is 10.2 Å². The molecule has 32 heavy (non-hydrogen) atoms. The van der Waals surface area contributed by atoms with E-state index in [9.17, 15) is 0 Å². The van der Waals surface area contributed by atoms with Gasteiger partial charge < -0.3 is 5.32 Å². The molecular formula is C23H23N9. The van der Waals surface area contributed by atoms with Gasteiger partial charge in [0.1, 0.15) is 6.04 Å². The Morgan fingerprint density at radius 2 is 1.62 bits per heavy atom. The molecule has 0 saturated heterocycles. The molecular weight excluding hydrogens is 402 g/mol. The molecule has 0 aliphatic heterocycles. The molecule has 1 unspecified atom stereocenters. The van der Waals surface area contributed by atoms with Crippen molar-refractivity contribution in [1.82, 2.24) is 40.2 Å². The Labute approximate surface area is 184 Å². The van der Waals surface area contributed by atoms with Gasteiger partial charge in [0.05, 0.1) is 11.6 Å². The number of anilines is 1. The molecule has 5 aromatic rings. The lowest BCUT2D eigenvalue weighted by Gasteiger charge is -2.26. The van der Waals surface area contributed by atoms with Crippen LogP contribution in [0.25, 0.3) is 16.6 Å². The average Bonchev–Trinajstić information content (AvgIpc) is 3.54. The molecule has 9 nitrogen and oxygen atoms in total. The van der Waals surface area contributed by atoms with Gasteiger partial charge in [-0.2, -0.15) is 4.52 Å². The topological polar surface area (TPSA) is 98.7 Å². The number of nitrogens with one attached hydrogen (secondary N) is 1. The van der Waals surface area contributed by atoms with Crippen LogP contribution in [-0.2, 0) is 0 Å². The van der Waals surface area contributed by atoms with Gasteiger partial charge in [-0.3, -0.25) is 0 Å². The normalized spacial score (nSPS) is 15.9. The van der Waals surface area contributed by atoms with Crippen molar-refractivity contribution in [3.05, 3.63) is 72.1 Å². The molecule has 160 valence electrons. The van der Waals surface area contributed by atoms with E-state index in [1.54, 1.807) is 4.52 Å². The van der Waals surface area contributed by atoms with E-state index in [2.05, 4.69) is 48.5 Å². The molecule has 3 heterocycles. The minimum atomic E-state index is -0.313. The summed E-state index contributed by atoms with van der Waals surface area (Å²) in [6.45, 7) is 0. The summed E-state index contributed by atoms with van der Waals surface area (Å²) >= 11 is 0. The number of rotatable bonds is 5. The van der Waals surface area contributed by atoms with Crippen LogP contribution >= 0.6 is 0 Å². The molecule has 1 saturated carbocycles. The van der Waals surface area contributed by atoms with Crippen molar-refractivity contribution in [2.75, 3.05) is 5.32 Å². The van der Waals surface area contributed by atoms with Crippen LogP contribution in [0.4, 0.5) is 5.69 Å². The lowest BCUT2D eigenvalue weighted by Crippen LogP contribution is -2.23. The predicted octanol–water partition coefficient (Wildman–Crippen LogP) is 3.97. The van der Waals surface area contributed by atoms with E-state index in [1.807, 2.05) is 53.2 Å². The van der Waals surface area contributed by atoms with Crippen molar-refractivity contribution in [2.45, 2.75) is 44.2 Å². The van der Waals surface area contributed by atoms with Crippen molar-refractivity contribution in [2.24, 2.45) is 0 Å². The summed E-state index contributed by atoms with van der Waals surface area (Å²) in [7, 11) is 0. The van der Waals surface area contributed by atoms with Crippen molar-refractivity contribution in [1.29, 1.82) is 0 Å². The van der Waals surface area contributed by atoms with Crippen LogP contribution in [0.15, 0.2) is 60.7 Å². The van der Waals surface area contributed by atoms with Crippen LogP contribution in [0, 0.1) is 0 Å². The Hall–Kier alpha value is -3.88. The first-order chi connectivity index (χ1) is 15.9. The van der Waals surface area contributed by atoms with Crippen molar-refractivity contribution in [3.8, 4) is 0 Å². The number of aromatic nitrogens is 8. The van der Waals surface area contributed by atoms with Gasteiger partial charge in [-0.1, -0.05) is 55.7 Å². The SMILES string of the molecule is c1ccc(NC(c2cc3ccccc3n3nnnc23)c2nnnn2C2CCCCC2)cc1. The second kappa shape index (κ2) is 7.99. The number of tetrazole rings is 2. The predicted molar refractivity (Wildman–Crippen MR) is 120 cm³/mol. The highest BCUT2D eigenvalue weighted by Crippen LogP contribution is 2.34. The summed E-state index contributed by atoms with van der Waals surface area (Å²) < 4.78 is 3.80. The molecule has 0 radical (unpaired) electrons. The lowest BCUT2D eigenvalue weighted by molar-refractivity contribution is 0.315. The molecule has 1 fully saturated rings. The molecule has 1 N–H and O–H groups in total. The Morgan fingerprint density at radius 1 is 0.844 bits per heavy atom. The third-order valence-electron chi connectivity index (χ3n) is 6.30. The number of hydrogen-bond donors (Lipinski definition) is 1. The van der Waals surface area contributed by atoms with E-state index in [4.69, 9.17) is 0 Å². The van der Waals surface area contributed by atoms with E-state index in [-0.39, 0.29) is 6.04 Å². The van der Waals surface area contributed by atoms with Crippen LogP contribution in [-0.4, -0.2) is 40.2 Å². The quantitative estimate of drug-likeness (QED) is 0.455. The maximum Gasteiger partial charge on any atom is 0.185 e. The van der Waals surface area contributed by atoms with Crippen LogP contribution in [0.2, 0.25) is 0 Å². The number of fused-ring (bicyclic) bond motifs is 3. The zero-order valence-electron chi connectivity index (χ0n) is 17.5. The van der Waals surface area contributed by atoms with E-state index in [1.165, 1.54) is 19.3 Å². The molecule has 0 amide bonds. The monoisotopic (exact) mass is 425 g/mol. The highest BCUT2D eigenvalue weighted by molar-refractivity contribution is 5.83. The standard InChI is InChI=1S/C23H23N9/c1-3-10-17(11-4-1)24-21(23-26-28-29-31(23)18-12-5-2-6-13-18)19-15-16-9-7-8-14-20(16)32-22(19)25-27-30-32/h1,3-4,7-11,14-15,18,21,24H,2,5-6,12-13H2. The van der Waals surface area contributed by atoms with Crippen LogP contribution < -0.4 is 5.32 Å². The van der Waals surface area contributed by atoms with Crippen LogP contribution in [0.5, 0.6) is 0 Å². The van der Waals surface area contributed by atoms with Gasteiger partial charge in [-0.05, 0) is 58.0 Å². The third-order valence-corrected chi connectivity index (χ3v) is 6.30. The van der Waals surface area contributed by atoms with Gasteiger partial charge in [0.2, 0.25) is 0 Å². The second-order valence-corrected chi connectivity index (χ2v) is 8.29. The molecule has 1 aliphatic rings. The van der Waals surface area contributed by atoms with Gasteiger partial charge in [-0.25, -0.2) is 4.68 Å². The second-order valence-electron chi connectivity index (χ2n) is 8.29. The summed E-state index contributed by atoms with van der Waals surface area (Å²) in [4.78, 5) is 0. The van der Waals surface area contributed by atoms with Gasteiger partial charge in [0, 0.05) is 16.6 Å². The summed E-state index contributed by atoms with van der Waals surface area (Å²) in [5.41, 5.74) is 3.57. The average molecular weight is 426 g/mol.